The van der Waals surface area contributed by atoms with E-state index in [1.807, 2.05) is 13.8 Å². The molecule has 5 rings (SSSR count). The van der Waals surface area contributed by atoms with Gasteiger partial charge in [0.1, 0.15) is 30.0 Å². The lowest BCUT2D eigenvalue weighted by Gasteiger charge is -2.36. The summed E-state index contributed by atoms with van der Waals surface area (Å²) in [5.74, 6) is -0.409. The molecule has 0 aliphatic carbocycles. The summed E-state index contributed by atoms with van der Waals surface area (Å²) in [6, 6.07) is 4.02. The highest BCUT2D eigenvalue weighted by Gasteiger charge is 2.42. The quantitative estimate of drug-likeness (QED) is 0.505. The summed E-state index contributed by atoms with van der Waals surface area (Å²) >= 11 is 0. The van der Waals surface area contributed by atoms with Crippen molar-refractivity contribution in [2.45, 2.75) is 64.1 Å². The van der Waals surface area contributed by atoms with Crippen LogP contribution < -0.4 is 19.9 Å². The maximum absolute atomic E-state index is 13.5. The van der Waals surface area contributed by atoms with Crippen molar-refractivity contribution >= 4 is 29.1 Å². The molecule has 0 unspecified atom stereocenters. The minimum Gasteiger partial charge on any atom is -0.491 e. The molecule has 3 aliphatic heterocycles. The number of aromatic nitrogens is 2. The number of urea groups is 1. The van der Waals surface area contributed by atoms with Crippen molar-refractivity contribution < 1.29 is 37.0 Å². The van der Waals surface area contributed by atoms with Crippen molar-refractivity contribution in [2.75, 3.05) is 41.4 Å². The zero-order chi connectivity index (χ0) is 27.9. The number of ketones is 1. The van der Waals surface area contributed by atoms with Gasteiger partial charge in [0.25, 0.3) is 0 Å². The highest BCUT2D eigenvalue weighted by atomic mass is 19.4. The molecule has 2 aromatic rings. The van der Waals surface area contributed by atoms with Crippen LogP contribution in [0.15, 0.2) is 24.4 Å². The molecule has 5 heterocycles. The molecule has 10 nitrogen and oxygen atoms in total. The van der Waals surface area contributed by atoms with Gasteiger partial charge < -0.3 is 19.1 Å². The minimum absolute atomic E-state index is 0.0920. The van der Waals surface area contributed by atoms with Crippen molar-refractivity contribution in [3.8, 4) is 5.75 Å². The summed E-state index contributed by atoms with van der Waals surface area (Å²) in [4.78, 5) is 38.3. The van der Waals surface area contributed by atoms with Crippen LogP contribution in [0.5, 0.6) is 5.75 Å². The Kier molecular flexibility index (Phi) is 7.14. The summed E-state index contributed by atoms with van der Waals surface area (Å²) in [6.45, 7) is 7.35. The predicted molar refractivity (Wildman–Crippen MR) is 135 cm³/mol. The molecule has 210 valence electrons. The monoisotopic (exact) mass is 549 g/mol. The van der Waals surface area contributed by atoms with Crippen LogP contribution in [0, 0.1) is 6.92 Å². The number of carbonyl (C=O) groups excluding carboxylic acids is 2. The summed E-state index contributed by atoms with van der Waals surface area (Å²) in [5.41, 5.74) is 1.27. The number of Topliss-reactive ketones (excluding diaryl/α,β-unsaturated/α-hetero) is 1. The molecule has 0 aromatic carbocycles. The van der Waals surface area contributed by atoms with Gasteiger partial charge in [-0.25, -0.2) is 14.8 Å². The Morgan fingerprint density at radius 1 is 1.28 bits per heavy atom. The van der Waals surface area contributed by atoms with Crippen LogP contribution >= 0.6 is 0 Å². The van der Waals surface area contributed by atoms with E-state index in [-0.39, 0.29) is 36.1 Å². The van der Waals surface area contributed by atoms with E-state index < -0.39 is 36.6 Å². The number of anilines is 3. The topological polar surface area (TPSA) is 106 Å². The van der Waals surface area contributed by atoms with Gasteiger partial charge in [-0.3, -0.25) is 15.0 Å². The number of nitrogens with zero attached hydrogens (tertiary/aromatic N) is 4. The van der Waals surface area contributed by atoms with E-state index in [0.29, 0.717) is 43.1 Å². The van der Waals surface area contributed by atoms with Crippen LogP contribution in [-0.2, 0) is 9.47 Å². The molecule has 1 N–H and O–H groups in total. The first-order valence-electron chi connectivity index (χ1n) is 12.8. The van der Waals surface area contributed by atoms with E-state index in [2.05, 4.69) is 20.2 Å². The van der Waals surface area contributed by atoms with Gasteiger partial charge in [0.2, 0.25) is 0 Å². The van der Waals surface area contributed by atoms with E-state index in [1.165, 1.54) is 17.2 Å². The van der Waals surface area contributed by atoms with Crippen molar-refractivity contribution in [2.24, 2.45) is 0 Å². The maximum Gasteiger partial charge on any atom is 0.389 e. The molecule has 2 amide bonds. The molecule has 2 atom stereocenters. The number of hydrogen-bond acceptors (Lipinski definition) is 8. The number of ether oxygens (including phenoxy) is 3. The summed E-state index contributed by atoms with van der Waals surface area (Å²) < 4.78 is 55.2. The van der Waals surface area contributed by atoms with Crippen LogP contribution in [-0.4, -0.2) is 72.2 Å². The van der Waals surface area contributed by atoms with E-state index in [9.17, 15) is 22.8 Å². The fourth-order valence-electron chi connectivity index (χ4n) is 5.10. The second-order valence-corrected chi connectivity index (χ2v) is 10.4. The third kappa shape index (κ3) is 6.09. The van der Waals surface area contributed by atoms with Gasteiger partial charge in [-0.05, 0) is 44.9 Å². The molecule has 0 radical (unpaired) electrons. The molecule has 0 saturated carbocycles. The van der Waals surface area contributed by atoms with Crippen molar-refractivity contribution in [3.63, 3.8) is 0 Å². The van der Waals surface area contributed by atoms with E-state index in [0.717, 1.165) is 0 Å². The number of carbonyl (C=O) groups is 2. The Bertz CT molecular complexity index is 1270. The molecule has 2 fully saturated rings. The van der Waals surface area contributed by atoms with Crippen LogP contribution in [0.1, 0.15) is 49.2 Å². The second-order valence-electron chi connectivity index (χ2n) is 10.4. The number of hydrogen-bond donors (Lipinski definition) is 1. The fourth-order valence-corrected chi connectivity index (χ4v) is 5.10. The lowest BCUT2D eigenvalue weighted by atomic mass is 10.1. The smallest absolute Gasteiger partial charge is 0.389 e. The lowest BCUT2D eigenvalue weighted by molar-refractivity contribution is -0.141. The predicted octanol–water partition coefficient (Wildman–Crippen LogP) is 4.47. The highest BCUT2D eigenvalue weighted by Crippen LogP contribution is 2.41. The number of halogens is 3. The summed E-state index contributed by atoms with van der Waals surface area (Å²) in [6.07, 6.45) is -4.44. The number of alkyl halides is 3. The van der Waals surface area contributed by atoms with Gasteiger partial charge in [-0.2, -0.15) is 13.2 Å². The molecular formula is C26H30F3N5O5. The first-order valence-corrected chi connectivity index (χ1v) is 12.8. The largest absolute Gasteiger partial charge is 0.491 e. The Morgan fingerprint density at radius 2 is 2.08 bits per heavy atom. The molecule has 3 aliphatic rings. The van der Waals surface area contributed by atoms with Gasteiger partial charge in [-0.15, -0.1) is 0 Å². The minimum atomic E-state index is -4.45. The maximum atomic E-state index is 13.5. The SMILES string of the molecule is Cc1cc(C(=O)CCC(F)(F)F)nc2c1N1CC[C@@H](C1)N2C(=O)Nc1cc(OC[C@H]2COC(C)(C)O2)ccn1. The average Bonchev–Trinajstić information content (AvgIpc) is 3.43. The molecule has 0 spiro atoms. The summed E-state index contributed by atoms with van der Waals surface area (Å²) in [7, 11) is 0. The van der Waals surface area contributed by atoms with E-state index >= 15 is 0 Å². The summed E-state index contributed by atoms with van der Waals surface area (Å²) in [5, 5.41) is 2.78. The lowest BCUT2D eigenvalue weighted by Crippen LogP contribution is -2.48. The first kappa shape index (κ1) is 27.1. The molecule has 2 saturated heterocycles. The van der Waals surface area contributed by atoms with Gasteiger partial charge in [0.15, 0.2) is 17.4 Å². The zero-order valence-electron chi connectivity index (χ0n) is 21.9. The molecule has 2 aromatic heterocycles. The van der Waals surface area contributed by atoms with Crippen molar-refractivity contribution in [1.82, 2.24) is 9.97 Å². The Hall–Kier alpha value is -3.45. The van der Waals surface area contributed by atoms with E-state index in [1.54, 1.807) is 19.1 Å². The Labute approximate surface area is 223 Å². The number of fused-ring (bicyclic) bond motifs is 4. The van der Waals surface area contributed by atoms with Crippen LogP contribution in [0.4, 0.5) is 35.3 Å². The Balaban J connectivity index is 1.33. The Morgan fingerprint density at radius 3 is 2.79 bits per heavy atom. The number of aryl methyl sites for hydroxylation is 1. The van der Waals surface area contributed by atoms with Crippen LogP contribution in [0.2, 0.25) is 0 Å². The number of nitrogens with one attached hydrogen (secondary N) is 1. The van der Waals surface area contributed by atoms with Gasteiger partial charge in [-0.1, -0.05) is 0 Å². The third-order valence-electron chi connectivity index (χ3n) is 6.85. The number of rotatable bonds is 7. The second kappa shape index (κ2) is 10.3. The third-order valence-corrected chi connectivity index (χ3v) is 6.85. The molecular weight excluding hydrogens is 519 g/mol. The normalized spacial score (nSPS) is 21.6. The van der Waals surface area contributed by atoms with Gasteiger partial charge in [0, 0.05) is 31.8 Å². The van der Waals surface area contributed by atoms with E-state index in [4.69, 9.17) is 14.2 Å². The standard InChI is InChI=1S/C26H30F3N5O5/c1-15-10-19(20(35)4-7-26(27,28)29)31-23-22(15)33-9-6-16(12-33)34(23)24(36)32-21-11-17(5-8-30-21)37-13-18-14-38-25(2,3)39-18/h5,8,10-11,16,18H,4,6-7,9,12-14H2,1-3H3,(H,30,32,36)/t16-,18-/m0/s1. The van der Waals surface area contributed by atoms with Gasteiger partial charge in [0.05, 0.1) is 24.8 Å². The molecule has 2 bridgehead atoms. The van der Waals surface area contributed by atoms with Gasteiger partial charge >= 0.3 is 12.2 Å². The van der Waals surface area contributed by atoms with Crippen LogP contribution in [0.3, 0.4) is 0 Å². The van der Waals surface area contributed by atoms with Crippen LogP contribution in [0.25, 0.3) is 0 Å². The zero-order valence-corrected chi connectivity index (χ0v) is 21.9. The molecule has 13 heteroatoms. The van der Waals surface area contributed by atoms with Crippen molar-refractivity contribution in [1.29, 1.82) is 0 Å². The first-order chi connectivity index (χ1) is 18.4. The molecule has 39 heavy (non-hydrogen) atoms. The fraction of sp³-hybridized carbons (Fsp3) is 0.538. The number of amides is 2. The highest BCUT2D eigenvalue weighted by molar-refractivity contribution is 6.05. The average molecular weight is 550 g/mol. The van der Waals surface area contributed by atoms with Crippen molar-refractivity contribution in [3.05, 3.63) is 35.7 Å². The number of pyridine rings is 2.